The standard InChI is InChI=1S/C27H33N5O5S/c1-4-37-26-16-28-15-22(31-26)20-5-6-21(30-14-20)13-24(33)27(8-11-36-12-9-27)23-7-10-29-25(32-23)18-38(34,35)17-19(2)3/h5-7,10,14-16,19H,4,8-9,11-13,17-18H2,1-3H3. The first kappa shape index (κ1) is 27.7. The SMILES string of the molecule is CCOc1cncc(-c2ccc(CC(=O)C3(c4ccnc(CS(=O)(=O)CC(C)C)n4)CCOCC3)nc2)n1. The normalized spacial score (nSPS) is 15.4. The van der Waals surface area contributed by atoms with Crippen molar-refractivity contribution in [1.29, 1.82) is 0 Å². The van der Waals surface area contributed by atoms with E-state index in [1.54, 1.807) is 30.7 Å². The number of hydrogen-bond acceptors (Lipinski definition) is 10. The topological polar surface area (TPSA) is 134 Å². The van der Waals surface area contributed by atoms with Gasteiger partial charge in [0, 0.05) is 43.3 Å². The molecule has 4 rings (SSSR count). The fourth-order valence-electron chi connectivity index (χ4n) is 4.62. The van der Waals surface area contributed by atoms with Crippen molar-refractivity contribution in [3.63, 3.8) is 0 Å². The van der Waals surface area contributed by atoms with Crippen molar-refractivity contribution in [3.05, 3.63) is 60.2 Å². The summed E-state index contributed by atoms with van der Waals surface area (Å²) in [5.74, 6) is 0.421. The minimum absolute atomic E-state index is 0.00569. The minimum Gasteiger partial charge on any atom is -0.477 e. The van der Waals surface area contributed by atoms with Gasteiger partial charge < -0.3 is 9.47 Å². The van der Waals surface area contributed by atoms with Crippen LogP contribution in [0.1, 0.15) is 50.8 Å². The Balaban J connectivity index is 1.55. The number of hydrogen-bond donors (Lipinski definition) is 0. The van der Waals surface area contributed by atoms with Gasteiger partial charge in [0.2, 0.25) is 5.88 Å². The molecule has 1 fully saturated rings. The molecule has 0 bridgehead atoms. The molecule has 3 aromatic heterocycles. The summed E-state index contributed by atoms with van der Waals surface area (Å²) in [6.45, 7) is 6.92. The maximum absolute atomic E-state index is 13.8. The number of carbonyl (C=O) groups is 1. The molecule has 1 aliphatic rings. The molecule has 202 valence electrons. The summed E-state index contributed by atoms with van der Waals surface area (Å²) < 4.78 is 36.1. The van der Waals surface area contributed by atoms with Crippen LogP contribution in [0.5, 0.6) is 5.88 Å². The number of Topliss-reactive ketones (excluding diaryl/α,β-unsaturated/α-hetero) is 1. The van der Waals surface area contributed by atoms with Crippen molar-refractivity contribution in [3.8, 4) is 17.1 Å². The Morgan fingerprint density at radius 3 is 2.55 bits per heavy atom. The fraction of sp³-hybridized carbons (Fsp3) is 0.481. The summed E-state index contributed by atoms with van der Waals surface area (Å²) in [7, 11) is -3.37. The Morgan fingerprint density at radius 2 is 1.87 bits per heavy atom. The molecule has 0 spiro atoms. The zero-order valence-corrected chi connectivity index (χ0v) is 22.8. The van der Waals surface area contributed by atoms with Crippen LogP contribution in [-0.4, -0.2) is 64.7 Å². The number of ketones is 1. The number of sulfone groups is 1. The third-order valence-corrected chi connectivity index (χ3v) is 8.25. The lowest BCUT2D eigenvalue weighted by atomic mass is 9.72. The van der Waals surface area contributed by atoms with E-state index < -0.39 is 15.3 Å². The lowest BCUT2D eigenvalue weighted by molar-refractivity contribution is -0.127. The first-order valence-electron chi connectivity index (χ1n) is 12.7. The van der Waals surface area contributed by atoms with Gasteiger partial charge >= 0.3 is 0 Å². The second kappa shape index (κ2) is 12.0. The molecule has 0 saturated carbocycles. The number of aromatic nitrogens is 5. The van der Waals surface area contributed by atoms with E-state index in [1.807, 2.05) is 26.8 Å². The van der Waals surface area contributed by atoms with Crippen LogP contribution >= 0.6 is 0 Å². The lowest BCUT2D eigenvalue weighted by Crippen LogP contribution is -2.43. The van der Waals surface area contributed by atoms with E-state index in [1.165, 1.54) is 6.20 Å². The first-order chi connectivity index (χ1) is 18.2. The quantitative estimate of drug-likeness (QED) is 0.358. The molecule has 0 aromatic carbocycles. The largest absolute Gasteiger partial charge is 0.477 e. The summed E-state index contributed by atoms with van der Waals surface area (Å²) in [6, 6.07) is 5.37. The maximum Gasteiger partial charge on any atom is 0.232 e. The molecule has 1 saturated heterocycles. The highest BCUT2D eigenvalue weighted by atomic mass is 32.2. The second-order valence-electron chi connectivity index (χ2n) is 9.81. The van der Waals surface area contributed by atoms with Crippen molar-refractivity contribution < 1.29 is 22.7 Å². The molecule has 10 nitrogen and oxygen atoms in total. The van der Waals surface area contributed by atoms with Gasteiger partial charge in [0.05, 0.1) is 41.6 Å². The second-order valence-corrected chi connectivity index (χ2v) is 11.9. The third-order valence-electron chi connectivity index (χ3n) is 6.38. The zero-order chi connectivity index (χ0) is 27.2. The Bertz CT molecular complexity index is 1360. The highest BCUT2D eigenvalue weighted by Crippen LogP contribution is 2.36. The lowest BCUT2D eigenvalue weighted by Gasteiger charge is -2.35. The molecule has 0 aliphatic carbocycles. The molecular weight excluding hydrogens is 506 g/mol. The first-order valence-corrected chi connectivity index (χ1v) is 14.6. The van der Waals surface area contributed by atoms with Gasteiger partial charge in [-0.3, -0.25) is 14.8 Å². The predicted octanol–water partition coefficient (Wildman–Crippen LogP) is 3.16. The van der Waals surface area contributed by atoms with Gasteiger partial charge in [0.15, 0.2) is 15.6 Å². The Morgan fingerprint density at radius 1 is 1.08 bits per heavy atom. The number of pyridine rings is 1. The van der Waals surface area contributed by atoms with E-state index in [0.29, 0.717) is 55.6 Å². The summed E-state index contributed by atoms with van der Waals surface area (Å²) in [5, 5.41) is 0. The van der Waals surface area contributed by atoms with Gasteiger partial charge in [-0.1, -0.05) is 13.8 Å². The van der Waals surface area contributed by atoms with Crippen LogP contribution in [-0.2, 0) is 37.0 Å². The van der Waals surface area contributed by atoms with Gasteiger partial charge in [-0.15, -0.1) is 0 Å². The molecule has 0 N–H and O–H groups in total. The van der Waals surface area contributed by atoms with Crippen molar-refractivity contribution in [2.24, 2.45) is 5.92 Å². The van der Waals surface area contributed by atoms with Crippen LogP contribution in [0.15, 0.2) is 43.0 Å². The summed E-state index contributed by atoms with van der Waals surface area (Å²) in [5.41, 5.74) is 1.65. The molecule has 0 amide bonds. The van der Waals surface area contributed by atoms with E-state index >= 15 is 0 Å². The van der Waals surface area contributed by atoms with E-state index in [9.17, 15) is 13.2 Å². The van der Waals surface area contributed by atoms with Crippen LogP contribution in [0.2, 0.25) is 0 Å². The van der Waals surface area contributed by atoms with Gasteiger partial charge in [-0.2, -0.15) is 0 Å². The average Bonchev–Trinajstić information content (AvgIpc) is 2.89. The molecule has 0 atom stereocenters. The third kappa shape index (κ3) is 6.76. The van der Waals surface area contributed by atoms with E-state index in [-0.39, 0.29) is 35.5 Å². The zero-order valence-electron chi connectivity index (χ0n) is 22.0. The summed E-state index contributed by atoms with van der Waals surface area (Å²) in [6.07, 6.45) is 7.42. The Labute approximate surface area is 223 Å². The highest BCUT2D eigenvalue weighted by molar-refractivity contribution is 7.90. The molecular formula is C27H33N5O5S. The van der Waals surface area contributed by atoms with Crippen LogP contribution < -0.4 is 4.74 Å². The van der Waals surface area contributed by atoms with Crippen LogP contribution in [0.25, 0.3) is 11.3 Å². The van der Waals surface area contributed by atoms with Crippen LogP contribution in [0.4, 0.5) is 0 Å². The number of ether oxygens (including phenoxy) is 2. The molecule has 4 heterocycles. The van der Waals surface area contributed by atoms with Gasteiger partial charge in [0.25, 0.3) is 0 Å². The minimum atomic E-state index is -3.37. The smallest absolute Gasteiger partial charge is 0.232 e. The van der Waals surface area contributed by atoms with Gasteiger partial charge in [-0.05, 0) is 43.9 Å². The number of nitrogens with zero attached hydrogens (tertiary/aromatic N) is 5. The van der Waals surface area contributed by atoms with Gasteiger partial charge in [-0.25, -0.2) is 23.4 Å². The molecule has 3 aromatic rings. The van der Waals surface area contributed by atoms with Crippen molar-refractivity contribution in [2.75, 3.05) is 25.6 Å². The van der Waals surface area contributed by atoms with Crippen LogP contribution in [0.3, 0.4) is 0 Å². The highest BCUT2D eigenvalue weighted by Gasteiger charge is 2.43. The predicted molar refractivity (Wildman–Crippen MR) is 141 cm³/mol. The molecule has 1 aliphatic heterocycles. The Hall–Kier alpha value is -3.31. The molecule has 0 radical (unpaired) electrons. The van der Waals surface area contributed by atoms with E-state index in [4.69, 9.17) is 9.47 Å². The van der Waals surface area contributed by atoms with E-state index in [0.717, 1.165) is 5.56 Å². The molecule has 38 heavy (non-hydrogen) atoms. The average molecular weight is 540 g/mol. The number of carbonyl (C=O) groups excluding carboxylic acids is 1. The monoisotopic (exact) mass is 539 g/mol. The summed E-state index contributed by atoms with van der Waals surface area (Å²) in [4.78, 5) is 35.7. The van der Waals surface area contributed by atoms with Crippen molar-refractivity contribution in [2.45, 2.75) is 51.2 Å². The summed E-state index contributed by atoms with van der Waals surface area (Å²) >= 11 is 0. The van der Waals surface area contributed by atoms with Crippen LogP contribution in [0, 0.1) is 5.92 Å². The maximum atomic E-state index is 13.8. The van der Waals surface area contributed by atoms with Gasteiger partial charge in [0.1, 0.15) is 11.6 Å². The Kier molecular flexibility index (Phi) is 8.78. The van der Waals surface area contributed by atoms with Crippen molar-refractivity contribution in [1.82, 2.24) is 24.9 Å². The number of rotatable bonds is 11. The molecule has 0 unspecified atom stereocenters. The van der Waals surface area contributed by atoms with Crippen molar-refractivity contribution >= 4 is 15.6 Å². The molecule has 11 heteroatoms. The fourth-order valence-corrected chi connectivity index (χ4v) is 6.28. The van der Waals surface area contributed by atoms with E-state index in [2.05, 4.69) is 24.9 Å².